The zero-order valence-electron chi connectivity index (χ0n) is 14.3. The maximum Gasteiger partial charge on any atom is 0.224 e. The zero-order chi connectivity index (χ0) is 16.7. The third-order valence-electron chi connectivity index (χ3n) is 3.93. The monoisotopic (exact) mass is 310 g/mol. The van der Waals surface area contributed by atoms with Crippen molar-refractivity contribution >= 4 is 11.6 Å². The highest BCUT2D eigenvalue weighted by atomic mass is 16.2. The molecule has 23 heavy (non-hydrogen) atoms. The van der Waals surface area contributed by atoms with E-state index < -0.39 is 0 Å². The standard InChI is InChI=1S/C20H26N2O/c1-16(2)18-11-7-8-12-19(18)21-14-13-20(23)22(3)15-17-9-5-4-6-10-17/h4-12,16,21H,13-15H2,1-3H3. The fourth-order valence-corrected chi connectivity index (χ4v) is 2.60. The summed E-state index contributed by atoms with van der Waals surface area (Å²) in [5.74, 6) is 0.624. The van der Waals surface area contributed by atoms with Crippen LogP contribution in [-0.2, 0) is 11.3 Å². The lowest BCUT2D eigenvalue weighted by atomic mass is 10.0. The molecule has 3 nitrogen and oxygen atoms in total. The number of rotatable bonds is 7. The number of para-hydroxylation sites is 1. The number of nitrogens with zero attached hydrogens (tertiary/aromatic N) is 1. The molecule has 0 heterocycles. The van der Waals surface area contributed by atoms with E-state index in [1.807, 2.05) is 43.4 Å². The Labute approximate surface area is 139 Å². The van der Waals surface area contributed by atoms with Crippen molar-refractivity contribution in [2.45, 2.75) is 32.7 Å². The number of amides is 1. The topological polar surface area (TPSA) is 32.3 Å². The van der Waals surface area contributed by atoms with Gasteiger partial charge in [-0.15, -0.1) is 0 Å². The summed E-state index contributed by atoms with van der Waals surface area (Å²) in [5.41, 5.74) is 3.57. The molecule has 2 aromatic carbocycles. The summed E-state index contributed by atoms with van der Waals surface area (Å²) in [6.45, 7) is 5.67. The number of hydrogen-bond donors (Lipinski definition) is 1. The Morgan fingerprint density at radius 3 is 2.39 bits per heavy atom. The maximum atomic E-state index is 12.2. The molecular formula is C20H26N2O. The van der Waals surface area contributed by atoms with Gasteiger partial charge in [-0.1, -0.05) is 62.4 Å². The average Bonchev–Trinajstić information content (AvgIpc) is 2.56. The highest BCUT2D eigenvalue weighted by Gasteiger charge is 2.10. The van der Waals surface area contributed by atoms with E-state index in [2.05, 4.69) is 37.4 Å². The van der Waals surface area contributed by atoms with E-state index in [9.17, 15) is 4.79 Å². The maximum absolute atomic E-state index is 12.2. The van der Waals surface area contributed by atoms with Crippen LogP contribution in [0.25, 0.3) is 0 Å². The van der Waals surface area contributed by atoms with Crippen molar-refractivity contribution in [3.05, 3.63) is 65.7 Å². The van der Waals surface area contributed by atoms with Gasteiger partial charge in [0.2, 0.25) is 5.91 Å². The molecule has 0 unspecified atom stereocenters. The van der Waals surface area contributed by atoms with Crippen LogP contribution in [0.5, 0.6) is 0 Å². The molecular weight excluding hydrogens is 284 g/mol. The first-order valence-corrected chi connectivity index (χ1v) is 8.18. The second-order valence-corrected chi connectivity index (χ2v) is 6.15. The van der Waals surface area contributed by atoms with E-state index in [1.165, 1.54) is 5.56 Å². The van der Waals surface area contributed by atoms with Gasteiger partial charge in [0.15, 0.2) is 0 Å². The molecule has 0 saturated heterocycles. The van der Waals surface area contributed by atoms with Crippen molar-refractivity contribution in [3.63, 3.8) is 0 Å². The van der Waals surface area contributed by atoms with Gasteiger partial charge in [-0.05, 0) is 23.1 Å². The van der Waals surface area contributed by atoms with Gasteiger partial charge in [0, 0.05) is 32.2 Å². The van der Waals surface area contributed by atoms with Gasteiger partial charge in [0.1, 0.15) is 0 Å². The minimum atomic E-state index is 0.156. The Hall–Kier alpha value is -2.29. The van der Waals surface area contributed by atoms with E-state index >= 15 is 0 Å². The van der Waals surface area contributed by atoms with Crippen LogP contribution in [0.1, 0.15) is 37.3 Å². The van der Waals surface area contributed by atoms with Gasteiger partial charge in [-0.3, -0.25) is 4.79 Å². The Morgan fingerprint density at radius 2 is 1.70 bits per heavy atom. The second-order valence-electron chi connectivity index (χ2n) is 6.15. The molecule has 2 rings (SSSR count). The molecule has 0 bridgehead atoms. The fraction of sp³-hybridized carbons (Fsp3) is 0.350. The summed E-state index contributed by atoms with van der Waals surface area (Å²) in [6, 6.07) is 18.4. The SMILES string of the molecule is CC(C)c1ccccc1NCCC(=O)N(C)Cc1ccccc1. The van der Waals surface area contributed by atoms with Crippen LogP contribution in [0.3, 0.4) is 0 Å². The average molecular weight is 310 g/mol. The van der Waals surface area contributed by atoms with E-state index in [-0.39, 0.29) is 5.91 Å². The van der Waals surface area contributed by atoms with Crippen LogP contribution in [0.2, 0.25) is 0 Å². The smallest absolute Gasteiger partial charge is 0.224 e. The van der Waals surface area contributed by atoms with Crippen molar-refractivity contribution in [1.29, 1.82) is 0 Å². The Morgan fingerprint density at radius 1 is 1.04 bits per heavy atom. The van der Waals surface area contributed by atoms with E-state index in [0.29, 0.717) is 25.4 Å². The first-order chi connectivity index (χ1) is 11.1. The summed E-state index contributed by atoms with van der Waals surface area (Å²) in [5, 5.41) is 3.40. The predicted octanol–water partition coefficient (Wildman–Crippen LogP) is 4.27. The van der Waals surface area contributed by atoms with Crippen molar-refractivity contribution in [3.8, 4) is 0 Å². The minimum absolute atomic E-state index is 0.156. The molecule has 122 valence electrons. The number of hydrogen-bond acceptors (Lipinski definition) is 2. The first kappa shape index (κ1) is 17.1. The number of nitrogens with one attached hydrogen (secondary N) is 1. The summed E-state index contributed by atoms with van der Waals surface area (Å²) < 4.78 is 0. The van der Waals surface area contributed by atoms with Crippen molar-refractivity contribution in [2.75, 3.05) is 18.9 Å². The lowest BCUT2D eigenvalue weighted by Gasteiger charge is -2.18. The zero-order valence-corrected chi connectivity index (χ0v) is 14.3. The Balaban J connectivity index is 1.83. The lowest BCUT2D eigenvalue weighted by Crippen LogP contribution is -2.27. The molecule has 0 atom stereocenters. The summed E-state index contributed by atoms with van der Waals surface area (Å²) in [4.78, 5) is 14.0. The van der Waals surface area contributed by atoms with Crippen LogP contribution >= 0.6 is 0 Å². The molecule has 0 fully saturated rings. The highest BCUT2D eigenvalue weighted by molar-refractivity contribution is 5.76. The second kappa shape index (κ2) is 8.37. The first-order valence-electron chi connectivity index (χ1n) is 8.18. The van der Waals surface area contributed by atoms with Crippen molar-refractivity contribution < 1.29 is 4.79 Å². The van der Waals surface area contributed by atoms with Crippen LogP contribution in [-0.4, -0.2) is 24.4 Å². The van der Waals surface area contributed by atoms with Gasteiger partial charge in [-0.2, -0.15) is 0 Å². The van der Waals surface area contributed by atoms with Crippen LogP contribution in [0, 0.1) is 0 Å². The Kier molecular flexibility index (Phi) is 6.21. The van der Waals surface area contributed by atoms with Gasteiger partial charge in [-0.25, -0.2) is 0 Å². The molecule has 0 saturated carbocycles. The molecule has 1 N–H and O–H groups in total. The number of benzene rings is 2. The molecule has 1 amide bonds. The lowest BCUT2D eigenvalue weighted by molar-refractivity contribution is -0.130. The minimum Gasteiger partial charge on any atom is -0.384 e. The van der Waals surface area contributed by atoms with Gasteiger partial charge >= 0.3 is 0 Å². The van der Waals surface area contributed by atoms with Gasteiger partial charge in [0.25, 0.3) is 0 Å². The molecule has 0 aliphatic rings. The van der Waals surface area contributed by atoms with Crippen LogP contribution in [0.15, 0.2) is 54.6 Å². The molecule has 0 aliphatic heterocycles. The van der Waals surface area contributed by atoms with Crippen LogP contribution in [0.4, 0.5) is 5.69 Å². The third kappa shape index (κ3) is 5.13. The molecule has 0 aromatic heterocycles. The quantitative estimate of drug-likeness (QED) is 0.828. The molecule has 3 heteroatoms. The Bertz CT molecular complexity index is 623. The van der Waals surface area contributed by atoms with E-state index in [0.717, 1.165) is 11.3 Å². The largest absolute Gasteiger partial charge is 0.384 e. The summed E-state index contributed by atoms with van der Waals surface area (Å²) in [6.07, 6.45) is 0.496. The van der Waals surface area contributed by atoms with Gasteiger partial charge < -0.3 is 10.2 Å². The predicted molar refractivity (Wildman–Crippen MR) is 96.6 cm³/mol. The number of carbonyl (C=O) groups is 1. The summed E-state index contributed by atoms with van der Waals surface area (Å²) in [7, 11) is 1.86. The summed E-state index contributed by atoms with van der Waals surface area (Å²) >= 11 is 0. The van der Waals surface area contributed by atoms with Crippen LogP contribution < -0.4 is 5.32 Å². The number of anilines is 1. The van der Waals surface area contributed by atoms with E-state index in [1.54, 1.807) is 4.90 Å². The normalized spacial score (nSPS) is 10.6. The van der Waals surface area contributed by atoms with E-state index in [4.69, 9.17) is 0 Å². The molecule has 0 aliphatic carbocycles. The molecule has 2 aromatic rings. The van der Waals surface area contributed by atoms with Crippen molar-refractivity contribution in [1.82, 2.24) is 4.90 Å². The fourth-order valence-electron chi connectivity index (χ4n) is 2.60. The van der Waals surface area contributed by atoms with Crippen molar-refractivity contribution in [2.24, 2.45) is 0 Å². The third-order valence-corrected chi connectivity index (χ3v) is 3.93. The molecule has 0 spiro atoms. The number of carbonyl (C=O) groups excluding carboxylic acids is 1. The van der Waals surface area contributed by atoms with Gasteiger partial charge in [0.05, 0.1) is 0 Å². The highest BCUT2D eigenvalue weighted by Crippen LogP contribution is 2.23. The molecule has 0 radical (unpaired) electrons.